The van der Waals surface area contributed by atoms with E-state index in [4.69, 9.17) is 5.11 Å². The number of phosphoric acid groups is 1. The smallest absolute Gasteiger partial charge is 0.390 e. The van der Waals surface area contributed by atoms with E-state index < -0.39 is 56.6 Å². The Labute approximate surface area is 127 Å². The molecule has 1 heterocycles. The van der Waals surface area contributed by atoms with Gasteiger partial charge in [0.05, 0.1) is 6.61 Å². The molecular formula is C9H11O13P. The van der Waals surface area contributed by atoms with Crippen molar-refractivity contribution in [1.29, 1.82) is 0 Å². The molecule has 130 valence electrons. The third kappa shape index (κ3) is 4.79. The Bertz CT molecular complexity index is 570. The Morgan fingerprint density at radius 2 is 1.96 bits per heavy atom. The van der Waals surface area contributed by atoms with Gasteiger partial charge in [-0.3, -0.25) is 9.32 Å². The fourth-order valence-corrected chi connectivity index (χ4v) is 2.30. The van der Waals surface area contributed by atoms with Gasteiger partial charge in [-0.05, 0) is 0 Å². The zero-order chi connectivity index (χ0) is 17.8. The van der Waals surface area contributed by atoms with Crippen molar-refractivity contribution in [2.45, 2.75) is 18.8 Å². The van der Waals surface area contributed by atoms with Crippen LogP contribution in [0.25, 0.3) is 0 Å². The van der Waals surface area contributed by atoms with E-state index in [1.165, 1.54) is 0 Å². The summed E-state index contributed by atoms with van der Waals surface area (Å²) in [6.45, 7) is -1.58. The maximum atomic E-state index is 11.7. The summed E-state index contributed by atoms with van der Waals surface area (Å²) in [6, 6.07) is 0. The van der Waals surface area contributed by atoms with E-state index >= 15 is 0 Å². The average molecular weight is 358 g/mol. The summed E-state index contributed by atoms with van der Waals surface area (Å²) in [5, 5.41) is 27.3. The largest absolute Gasteiger partial charge is 0.535 e. The highest BCUT2D eigenvalue weighted by molar-refractivity contribution is 7.49. The van der Waals surface area contributed by atoms with Gasteiger partial charge >= 0.3 is 31.5 Å². The lowest BCUT2D eigenvalue weighted by atomic mass is 10.3. The molecule has 3 N–H and O–H groups in total. The van der Waals surface area contributed by atoms with Crippen molar-refractivity contribution in [1.82, 2.24) is 0 Å². The van der Waals surface area contributed by atoms with Crippen molar-refractivity contribution in [2.24, 2.45) is 0 Å². The van der Waals surface area contributed by atoms with Gasteiger partial charge < -0.3 is 19.8 Å². The Balaban J connectivity index is 2.50. The maximum absolute atomic E-state index is 11.7. The van der Waals surface area contributed by atoms with Crippen molar-refractivity contribution >= 4 is 31.5 Å². The average Bonchev–Trinajstić information content (AvgIpc) is 2.72. The summed E-state index contributed by atoms with van der Waals surface area (Å²) in [7, 11) is -4.70. The van der Waals surface area contributed by atoms with Crippen LogP contribution >= 0.6 is 7.82 Å². The second kappa shape index (κ2) is 7.12. The maximum Gasteiger partial charge on any atom is 0.535 e. The van der Waals surface area contributed by atoms with Gasteiger partial charge in [-0.1, -0.05) is 0 Å². The minimum Gasteiger partial charge on any atom is -0.390 e. The normalized spacial score (nSPS) is 27.9. The molecule has 0 aromatic carbocycles. The Kier molecular flexibility index (Phi) is 5.93. The standard InChI is InChI=1S/C9H11O13P/c1-4(11)6(13)19-20-7(14)5(12)2-18-23(17)21-8(15)9(16,3-10)22-23/h5,10,12,16H,2-3H2,1H3. The highest BCUT2D eigenvalue weighted by atomic mass is 31.2. The monoisotopic (exact) mass is 358 g/mol. The number of rotatable bonds is 6. The van der Waals surface area contributed by atoms with E-state index in [0.29, 0.717) is 0 Å². The van der Waals surface area contributed by atoms with Gasteiger partial charge in [-0.25, -0.2) is 33.2 Å². The quantitative estimate of drug-likeness (QED) is 0.193. The highest BCUT2D eigenvalue weighted by Crippen LogP contribution is 2.58. The highest BCUT2D eigenvalue weighted by Gasteiger charge is 2.57. The number of hydrogen-bond donors (Lipinski definition) is 3. The molecule has 1 fully saturated rings. The molecule has 0 saturated carbocycles. The first kappa shape index (κ1) is 19.2. The third-order valence-electron chi connectivity index (χ3n) is 2.14. The van der Waals surface area contributed by atoms with E-state index in [1.807, 2.05) is 0 Å². The molecule has 1 saturated heterocycles. The molecule has 1 aliphatic rings. The molecule has 1 rings (SSSR count). The lowest BCUT2D eigenvalue weighted by Gasteiger charge is -2.14. The van der Waals surface area contributed by atoms with Gasteiger partial charge in [-0.2, -0.15) is 0 Å². The van der Waals surface area contributed by atoms with Crippen LogP contribution in [-0.4, -0.2) is 64.1 Å². The molecule has 3 unspecified atom stereocenters. The lowest BCUT2D eigenvalue weighted by Crippen LogP contribution is -2.39. The van der Waals surface area contributed by atoms with E-state index in [1.54, 1.807) is 0 Å². The first-order chi connectivity index (χ1) is 10.5. The van der Waals surface area contributed by atoms with Crippen LogP contribution in [-0.2, 0) is 47.1 Å². The topological polar surface area (TPSA) is 192 Å². The molecule has 0 aromatic heterocycles. The predicted octanol–water partition coefficient (Wildman–Crippen LogP) is -2.68. The number of hydrogen-bond acceptors (Lipinski definition) is 13. The summed E-state index contributed by atoms with van der Waals surface area (Å²) in [5.41, 5.74) is 0. The summed E-state index contributed by atoms with van der Waals surface area (Å²) < 4.78 is 24.4. The van der Waals surface area contributed by atoms with E-state index in [9.17, 15) is 34.0 Å². The van der Waals surface area contributed by atoms with Crippen LogP contribution in [0.2, 0.25) is 0 Å². The van der Waals surface area contributed by atoms with Gasteiger partial charge in [0.1, 0.15) is 6.61 Å². The van der Waals surface area contributed by atoms with Gasteiger partial charge in [0.25, 0.3) is 0 Å². The lowest BCUT2D eigenvalue weighted by molar-refractivity contribution is -0.262. The molecule has 0 spiro atoms. The number of aliphatic hydroxyl groups excluding tert-OH is 2. The molecule has 0 aliphatic carbocycles. The van der Waals surface area contributed by atoms with Crippen LogP contribution in [0.5, 0.6) is 0 Å². The van der Waals surface area contributed by atoms with Crippen molar-refractivity contribution in [3.05, 3.63) is 0 Å². The van der Waals surface area contributed by atoms with Gasteiger partial charge in [0.15, 0.2) is 6.10 Å². The van der Waals surface area contributed by atoms with Crippen LogP contribution in [0.4, 0.5) is 0 Å². The van der Waals surface area contributed by atoms with E-state index in [-0.39, 0.29) is 0 Å². The second-order valence-electron chi connectivity index (χ2n) is 4.00. The number of carbonyl (C=O) groups is 4. The van der Waals surface area contributed by atoms with Gasteiger partial charge in [-0.15, -0.1) is 0 Å². The zero-order valence-corrected chi connectivity index (χ0v) is 12.3. The van der Waals surface area contributed by atoms with Crippen molar-refractivity contribution in [2.75, 3.05) is 13.2 Å². The first-order valence-corrected chi connectivity index (χ1v) is 7.13. The molecule has 0 bridgehead atoms. The Hall–Kier alpha value is -1.89. The SMILES string of the molecule is CC(=O)C(=O)OOC(=O)C(O)COP1(=O)OC(=O)C(O)(CO)O1. The molecule has 1 aliphatic heterocycles. The van der Waals surface area contributed by atoms with Crippen LogP contribution in [0.1, 0.15) is 6.92 Å². The molecule has 0 amide bonds. The van der Waals surface area contributed by atoms with E-state index in [2.05, 4.69) is 23.3 Å². The molecule has 13 nitrogen and oxygen atoms in total. The van der Waals surface area contributed by atoms with E-state index in [0.717, 1.165) is 6.92 Å². The van der Waals surface area contributed by atoms with Crippen LogP contribution in [0, 0.1) is 0 Å². The van der Waals surface area contributed by atoms with Gasteiger partial charge in [0.2, 0.25) is 5.78 Å². The fraction of sp³-hybridized carbons (Fsp3) is 0.556. The molecular weight excluding hydrogens is 347 g/mol. The second-order valence-corrected chi connectivity index (χ2v) is 5.52. The third-order valence-corrected chi connectivity index (χ3v) is 3.52. The van der Waals surface area contributed by atoms with Crippen LogP contribution in [0.15, 0.2) is 0 Å². The van der Waals surface area contributed by atoms with Gasteiger partial charge in [0, 0.05) is 6.92 Å². The molecule has 0 radical (unpaired) electrons. The summed E-state index contributed by atoms with van der Waals surface area (Å²) in [4.78, 5) is 51.0. The fourth-order valence-electron chi connectivity index (χ4n) is 0.983. The zero-order valence-electron chi connectivity index (χ0n) is 11.4. The van der Waals surface area contributed by atoms with Crippen molar-refractivity contribution < 1.29 is 62.4 Å². The number of Topliss-reactive ketones (excluding diaryl/α,β-unsaturated/α-hetero) is 1. The first-order valence-electron chi connectivity index (χ1n) is 5.67. The molecule has 23 heavy (non-hydrogen) atoms. The number of ketones is 1. The Morgan fingerprint density at radius 3 is 2.43 bits per heavy atom. The minimum absolute atomic E-state index is 0.829. The van der Waals surface area contributed by atoms with Crippen LogP contribution < -0.4 is 0 Å². The number of aliphatic hydroxyl groups is 3. The molecule has 14 heteroatoms. The molecule has 3 atom stereocenters. The number of phosphoric ester groups is 1. The summed E-state index contributed by atoms with van der Waals surface area (Å²) in [6.07, 6.45) is -2.18. The summed E-state index contributed by atoms with van der Waals surface area (Å²) in [5.74, 6) is -8.70. The van der Waals surface area contributed by atoms with Crippen molar-refractivity contribution in [3.63, 3.8) is 0 Å². The van der Waals surface area contributed by atoms with Crippen LogP contribution in [0.3, 0.4) is 0 Å². The Morgan fingerprint density at radius 1 is 1.35 bits per heavy atom. The minimum atomic E-state index is -4.70. The predicted molar refractivity (Wildman–Crippen MR) is 61.6 cm³/mol. The van der Waals surface area contributed by atoms with Crippen molar-refractivity contribution in [3.8, 4) is 0 Å². The summed E-state index contributed by atoms with van der Waals surface area (Å²) >= 11 is 0. The number of carbonyl (C=O) groups excluding carboxylic acids is 4. The molecule has 0 aromatic rings.